The van der Waals surface area contributed by atoms with Crippen LogP contribution in [0.15, 0.2) is 53.6 Å². The number of nitrogens with zero attached hydrogens (tertiary/aromatic N) is 1. The summed E-state index contributed by atoms with van der Waals surface area (Å²) >= 11 is 5.90. The van der Waals surface area contributed by atoms with Crippen molar-refractivity contribution < 1.29 is 23.9 Å². The number of hydrogen-bond acceptors (Lipinski definition) is 6. The maximum absolute atomic E-state index is 12.1. The van der Waals surface area contributed by atoms with Gasteiger partial charge < -0.3 is 20.1 Å². The molecule has 10 heteroatoms. The summed E-state index contributed by atoms with van der Waals surface area (Å²) in [6, 6.07) is 13.6. The van der Waals surface area contributed by atoms with Crippen LogP contribution in [-0.4, -0.2) is 49.8 Å². The molecule has 0 aliphatic rings. The Morgan fingerprint density at radius 1 is 1.09 bits per heavy atom. The molecule has 33 heavy (non-hydrogen) atoms. The van der Waals surface area contributed by atoms with Gasteiger partial charge in [0.15, 0.2) is 6.61 Å². The molecule has 2 aromatic carbocycles. The van der Waals surface area contributed by atoms with Gasteiger partial charge in [-0.25, -0.2) is 5.43 Å². The first-order valence-electron chi connectivity index (χ1n) is 10.3. The van der Waals surface area contributed by atoms with E-state index in [1.54, 1.807) is 48.5 Å². The van der Waals surface area contributed by atoms with Crippen molar-refractivity contribution in [1.29, 1.82) is 0 Å². The number of hydrogen-bond donors (Lipinski definition) is 3. The van der Waals surface area contributed by atoms with Crippen molar-refractivity contribution in [3.63, 3.8) is 0 Å². The number of para-hydroxylation sites is 1. The fraction of sp³-hybridized carbons (Fsp3) is 0.304. The summed E-state index contributed by atoms with van der Waals surface area (Å²) in [6.45, 7) is 4.40. The molecule has 0 radical (unpaired) electrons. The summed E-state index contributed by atoms with van der Waals surface area (Å²) in [5, 5.41) is 9.47. The highest BCUT2D eigenvalue weighted by molar-refractivity contribution is 6.35. The lowest BCUT2D eigenvalue weighted by Gasteiger charge is -2.10. The van der Waals surface area contributed by atoms with Gasteiger partial charge in [0.2, 0.25) is 0 Å². The topological polar surface area (TPSA) is 118 Å². The van der Waals surface area contributed by atoms with Gasteiger partial charge in [-0.1, -0.05) is 29.8 Å². The first-order valence-corrected chi connectivity index (χ1v) is 10.7. The quantitative estimate of drug-likeness (QED) is 0.200. The first kappa shape index (κ1) is 25.8. The lowest BCUT2D eigenvalue weighted by atomic mass is 10.2. The van der Waals surface area contributed by atoms with Crippen LogP contribution in [0.1, 0.15) is 25.8 Å². The Morgan fingerprint density at radius 3 is 2.64 bits per heavy atom. The third-order valence-corrected chi connectivity index (χ3v) is 4.26. The second-order valence-electron chi connectivity index (χ2n) is 7.11. The molecule has 0 unspecified atom stereocenters. The number of anilines is 1. The number of halogens is 1. The highest BCUT2D eigenvalue weighted by atomic mass is 35.5. The van der Waals surface area contributed by atoms with Crippen molar-refractivity contribution in [2.75, 3.05) is 25.1 Å². The largest absolute Gasteiger partial charge is 0.483 e. The highest BCUT2D eigenvalue weighted by Gasteiger charge is 2.12. The minimum Gasteiger partial charge on any atom is -0.483 e. The van der Waals surface area contributed by atoms with Crippen LogP contribution in [-0.2, 0) is 19.1 Å². The van der Waals surface area contributed by atoms with Gasteiger partial charge in [0.1, 0.15) is 5.75 Å². The van der Waals surface area contributed by atoms with E-state index >= 15 is 0 Å². The van der Waals surface area contributed by atoms with E-state index in [1.165, 1.54) is 6.21 Å². The molecule has 3 N–H and O–H groups in total. The fourth-order valence-electron chi connectivity index (χ4n) is 2.51. The van der Waals surface area contributed by atoms with Crippen molar-refractivity contribution in [3.05, 3.63) is 59.1 Å². The number of hydrazone groups is 1. The summed E-state index contributed by atoms with van der Waals surface area (Å²) in [6.07, 6.45) is 2.03. The highest BCUT2D eigenvalue weighted by Crippen LogP contribution is 2.17. The first-order chi connectivity index (χ1) is 15.8. The summed E-state index contributed by atoms with van der Waals surface area (Å²) in [4.78, 5) is 35.7. The summed E-state index contributed by atoms with van der Waals surface area (Å²) in [5.74, 6) is -1.67. The molecule has 0 heterocycles. The third-order valence-electron chi connectivity index (χ3n) is 4.02. The van der Waals surface area contributed by atoms with Gasteiger partial charge in [0.25, 0.3) is 5.91 Å². The van der Waals surface area contributed by atoms with Crippen LogP contribution < -0.4 is 20.8 Å². The van der Waals surface area contributed by atoms with Crippen molar-refractivity contribution in [3.8, 4) is 5.75 Å². The lowest BCUT2D eigenvalue weighted by Crippen LogP contribution is -2.38. The van der Waals surface area contributed by atoms with Crippen LogP contribution in [0.25, 0.3) is 0 Å². The smallest absolute Gasteiger partial charge is 0.329 e. The molecule has 2 aromatic rings. The Bertz CT molecular complexity index is 981. The number of ether oxygens (including phenoxy) is 2. The molecule has 0 atom stereocenters. The van der Waals surface area contributed by atoms with Gasteiger partial charge in [-0.05, 0) is 50.6 Å². The van der Waals surface area contributed by atoms with E-state index in [1.807, 2.05) is 13.8 Å². The molecule has 0 aliphatic carbocycles. The molecule has 2 rings (SSSR count). The summed E-state index contributed by atoms with van der Waals surface area (Å²) in [7, 11) is 0. The zero-order valence-corrected chi connectivity index (χ0v) is 19.2. The van der Waals surface area contributed by atoms with Crippen LogP contribution in [0, 0.1) is 0 Å². The Balaban J connectivity index is 1.80. The number of nitrogens with one attached hydrogen (secondary N) is 3. The second-order valence-corrected chi connectivity index (χ2v) is 7.55. The van der Waals surface area contributed by atoms with Gasteiger partial charge >= 0.3 is 11.8 Å². The molecule has 0 spiro atoms. The van der Waals surface area contributed by atoms with Crippen molar-refractivity contribution in [1.82, 2.24) is 10.7 Å². The molecule has 0 aromatic heterocycles. The molecular formula is C23H27ClN4O5. The number of carbonyl (C=O) groups excluding carboxylic acids is 3. The number of amides is 3. The number of benzene rings is 2. The van der Waals surface area contributed by atoms with Crippen LogP contribution in [0.5, 0.6) is 5.75 Å². The van der Waals surface area contributed by atoms with Crippen molar-refractivity contribution >= 4 is 41.2 Å². The van der Waals surface area contributed by atoms with Gasteiger partial charge in [0, 0.05) is 29.4 Å². The Hall–Kier alpha value is -3.43. The predicted molar refractivity (Wildman–Crippen MR) is 126 cm³/mol. The monoisotopic (exact) mass is 474 g/mol. The van der Waals surface area contributed by atoms with Gasteiger partial charge in [-0.15, -0.1) is 0 Å². The SMILES string of the molecule is CC(C)OCCCNC(=O)C(=O)N/N=C\c1ccccc1OCC(=O)Nc1cccc(Cl)c1. The molecule has 0 saturated heterocycles. The van der Waals surface area contributed by atoms with Gasteiger partial charge in [-0.2, -0.15) is 5.10 Å². The molecule has 0 aliphatic heterocycles. The zero-order chi connectivity index (χ0) is 24.1. The van der Waals surface area contributed by atoms with E-state index in [9.17, 15) is 14.4 Å². The average Bonchev–Trinajstić information content (AvgIpc) is 2.77. The normalized spacial score (nSPS) is 10.8. The molecule has 3 amide bonds. The Kier molecular flexibility index (Phi) is 10.9. The summed E-state index contributed by atoms with van der Waals surface area (Å²) in [5.41, 5.74) is 3.23. The average molecular weight is 475 g/mol. The predicted octanol–water partition coefficient (Wildman–Crippen LogP) is 2.74. The Morgan fingerprint density at radius 2 is 1.88 bits per heavy atom. The van der Waals surface area contributed by atoms with E-state index in [4.69, 9.17) is 21.1 Å². The molecule has 0 saturated carbocycles. The van der Waals surface area contributed by atoms with Crippen LogP contribution >= 0.6 is 11.6 Å². The van der Waals surface area contributed by atoms with Gasteiger partial charge in [0.05, 0.1) is 12.3 Å². The zero-order valence-electron chi connectivity index (χ0n) is 18.5. The summed E-state index contributed by atoms with van der Waals surface area (Å²) < 4.78 is 10.9. The van der Waals surface area contributed by atoms with Crippen LogP contribution in [0.4, 0.5) is 5.69 Å². The maximum Gasteiger partial charge on any atom is 0.329 e. The molecular weight excluding hydrogens is 448 g/mol. The standard InChI is InChI=1S/C23H27ClN4O5/c1-16(2)32-12-6-11-25-22(30)23(31)28-26-14-17-7-3-4-10-20(17)33-15-21(29)27-19-9-5-8-18(24)13-19/h3-5,7-10,13-14,16H,6,11-12,15H2,1-2H3,(H,25,30)(H,27,29)(H,28,31)/b26-14-. The molecule has 0 fully saturated rings. The van der Waals surface area contributed by atoms with E-state index in [2.05, 4.69) is 21.2 Å². The van der Waals surface area contributed by atoms with E-state index in [-0.39, 0.29) is 18.6 Å². The van der Waals surface area contributed by atoms with Crippen molar-refractivity contribution in [2.24, 2.45) is 5.10 Å². The molecule has 9 nitrogen and oxygen atoms in total. The van der Waals surface area contributed by atoms with Crippen molar-refractivity contribution in [2.45, 2.75) is 26.4 Å². The lowest BCUT2D eigenvalue weighted by molar-refractivity contribution is -0.139. The second kappa shape index (κ2) is 13.9. The molecule has 0 bridgehead atoms. The van der Waals surface area contributed by atoms with E-state index in [0.29, 0.717) is 41.6 Å². The van der Waals surface area contributed by atoms with Gasteiger partial charge in [-0.3, -0.25) is 14.4 Å². The minimum absolute atomic E-state index is 0.113. The van der Waals surface area contributed by atoms with E-state index in [0.717, 1.165) is 0 Å². The van der Waals surface area contributed by atoms with Crippen LogP contribution in [0.3, 0.4) is 0 Å². The Labute approximate surface area is 197 Å². The fourth-order valence-corrected chi connectivity index (χ4v) is 2.70. The van der Waals surface area contributed by atoms with Crippen LogP contribution in [0.2, 0.25) is 5.02 Å². The third kappa shape index (κ3) is 10.2. The maximum atomic E-state index is 12.1. The number of rotatable bonds is 11. The number of carbonyl (C=O) groups is 3. The minimum atomic E-state index is -0.893. The molecule has 176 valence electrons. The van der Waals surface area contributed by atoms with E-state index < -0.39 is 11.8 Å².